The fourth-order valence-corrected chi connectivity index (χ4v) is 10.9. The van der Waals surface area contributed by atoms with Crippen LogP contribution in [0, 0.1) is 23.7 Å². The van der Waals surface area contributed by atoms with Gasteiger partial charge in [0, 0.05) is 50.3 Å². The van der Waals surface area contributed by atoms with E-state index < -0.39 is 0 Å². The topological polar surface area (TPSA) is 85.0 Å². The van der Waals surface area contributed by atoms with E-state index in [1.165, 1.54) is 79.3 Å². The van der Waals surface area contributed by atoms with Crippen molar-refractivity contribution in [2.75, 3.05) is 45.8 Å². The molecule has 10 rings (SSSR count). The molecule has 2 fully saturated rings. The quantitative estimate of drug-likeness (QED) is 0.0451. The van der Waals surface area contributed by atoms with Gasteiger partial charge < -0.3 is 15.3 Å². The first-order valence-electron chi connectivity index (χ1n) is 25.3. The molecule has 5 aromatic rings. The van der Waals surface area contributed by atoms with Crippen LogP contribution in [0.15, 0.2) is 183 Å². The van der Waals surface area contributed by atoms with E-state index in [1.807, 2.05) is 54.6 Å². The van der Waals surface area contributed by atoms with Gasteiger partial charge in [-0.1, -0.05) is 213 Å². The summed E-state index contributed by atoms with van der Waals surface area (Å²) in [4.78, 5) is 32.7. The van der Waals surface area contributed by atoms with E-state index in [-0.39, 0.29) is 26.6 Å². The molecule has 0 aromatic heterocycles. The number of benzene rings is 5. The zero-order chi connectivity index (χ0) is 52.9. The Morgan fingerprint density at radius 1 is 0.613 bits per heavy atom. The van der Waals surface area contributed by atoms with Crippen LogP contribution in [0.25, 0.3) is 12.2 Å². The Morgan fingerprint density at radius 2 is 1.01 bits per heavy atom. The average Bonchev–Trinajstić information content (AvgIpc) is 4.11. The van der Waals surface area contributed by atoms with E-state index in [9.17, 15) is 14.4 Å². The van der Waals surface area contributed by atoms with Gasteiger partial charge in [-0.15, -0.1) is 13.2 Å². The van der Waals surface area contributed by atoms with Crippen LogP contribution >= 0.6 is 60.0 Å². The maximum absolute atomic E-state index is 11.5. The molecule has 3 heterocycles. The van der Waals surface area contributed by atoms with Crippen LogP contribution in [-0.4, -0.2) is 77.5 Å². The number of hydrogen-bond donors (Lipinski definition) is 2. The number of amides is 3. The number of nitrogens with zero attached hydrogens (tertiary/aromatic N) is 3. The number of imide groups is 1. The molecule has 3 amide bonds. The van der Waals surface area contributed by atoms with Crippen molar-refractivity contribution in [1.29, 1.82) is 0 Å². The van der Waals surface area contributed by atoms with Crippen molar-refractivity contribution in [3.63, 3.8) is 0 Å². The summed E-state index contributed by atoms with van der Waals surface area (Å²) < 4.78 is 4.67. The lowest BCUT2D eigenvalue weighted by Crippen LogP contribution is -2.28. The second-order valence-corrected chi connectivity index (χ2v) is 21.5. The Bertz CT molecular complexity index is 2470. The molecule has 3 aliphatic heterocycles. The standard InChI is InChI=1S/C12H14NOP.C12H16NP.2C12H15N.C8H8Br2.C5H6NO2P.CH4.H2/c1-2-10-13(15)12(14)9-8-11-6-4-3-5-7-11;1-2-10-13(14)11-6-9-12-7-4-3-5-8-12;2*1-2-4-10-6-12-8-13-7-11(12)5-9(10)3-1;9-5-7-3-1-2-4-8(7)6-10;7-4-2-1-3-5(8)6(4)9;;/h2-9H,1,10,15H2;2-9H,1,10-11,14H2;2*1-4,11-13H,5-8H2;1-4H,5-6H2;1-2H,3,9H2;1H4;1H/b9-8+;9-6+;;;;;;/i;;;;;;;1+1. The van der Waals surface area contributed by atoms with E-state index in [2.05, 4.69) is 186 Å². The molecule has 0 spiro atoms. The Balaban J connectivity index is 0.000000241. The first-order valence-corrected chi connectivity index (χ1v) is 29.1. The molecule has 0 bridgehead atoms. The molecule has 2 N–H and O–H groups in total. The number of carbonyl (C=O) groups is 3. The molecule has 2 saturated heterocycles. The van der Waals surface area contributed by atoms with E-state index in [0.717, 1.165) is 57.7 Å². The molecule has 13 heteroatoms. The van der Waals surface area contributed by atoms with Gasteiger partial charge in [0.2, 0.25) is 11.8 Å². The molecule has 8 nitrogen and oxygen atoms in total. The van der Waals surface area contributed by atoms with Gasteiger partial charge in [0.25, 0.3) is 5.91 Å². The summed E-state index contributed by atoms with van der Waals surface area (Å²) in [6.07, 6.45) is 19.7. The second kappa shape index (κ2) is 35.8. The molecule has 75 heavy (non-hydrogen) atoms. The Labute approximate surface area is 474 Å². The smallest absolute Gasteiger partial charge is 0.255 e. The molecule has 2 aliphatic carbocycles. The first-order chi connectivity index (χ1) is 36.0. The fraction of sp³-hybridized carbons (Fsp3) is 0.306. The van der Waals surface area contributed by atoms with Gasteiger partial charge in [0.15, 0.2) is 0 Å². The normalized spacial score (nSPS) is 18.5. The van der Waals surface area contributed by atoms with Crippen LogP contribution in [0.1, 0.15) is 59.8 Å². The van der Waals surface area contributed by atoms with E-state index in [1.54, 1.807) is 46.6 Å². The lowest BCUT2D eigenvalue weighted by Gasteiger charge is -2.26. The predicted molar refractivity (Wildman–Crippen MR) is 337 cm³/mol. The minimum atomic E-state index is -0.267. The minimum Gasteiger partial charge on any atom is -0.320 e. The number of hydrogen-bond acceptors (Lipinski definition) is 6. The molecule has 5 aromatic carbocycles. The van der Waals surface area contributed by atoms with Gasteiger partial charge in [0.05, 0.1) is 0 Å². The van der Waals surface area contributed by atoms with Gasteiger partial charge >= 0.3 is 0 Å². The Morgan fingerprint density at radius 3 is 1.40 bits per heavy atom. The molecule has 7 atom stereocenters. The number of halogens is 2. The Kier molecular flexibility index (Phi) is 30.1. The second-order valence-electron chi connectivity index (χ2n) is 18.5. The van der Waals surface area contributed by atoms with Crippen molar-refractivity contribution in [3.8, 4) is 0 Å². The van der Waals surface area contributed by atoms with Crippen molar-refractivity contribution >= 4 is 89.9 Å². The highest BCUT2D eigenvalue weighted by molar-refractivity contribution is 9.09. The summed E-state index contributed by atoms with van der Waals surface area (Å²) in [7, 11) is 7.11. The van der Waals surface area contributed by atoms with Crippen LogP contribution in [0.5, 0.6) is 0 Å². The van der Waals surface area contributed by atoms with Gasteiger partial charge in [-0.2, -0.15) is 0 Å². The highest BCUT2D eigenvalue weighted by atomic mass is 79.9. The van der Waals surface area contributed by atoms with Crippen molar-refractivity contribution in [2.45, 2.75) is 50.2 Å². The predicted octanol–water partition coefficient (Wildman–Crippen LogP) is 13.2. The zero-order valence-electron chi connectivity index (χ0n) is 42.5. The Hall–Kier alpha value is -4.46. The molecular weight excluding hydrogens is 1120 g/mol. The molecule has 7 unspecified atom stereocenters. The summed E-state index contributed by atoms with van der Waals surface area (Å²) in [6.45, 7) is 14.5. The van der Waals surface area contributed by atoms with Gasteiger partial charge in [0.1, 0.15) is 0 Å². The molecule has 400 valence electrons. The minimum absolute atomic E-state index is 0. The van der Waals surface area contributed by atoms with Crippen LogP contribution in [0.3, 0.4) is 0 Å². The zero-order valence-corrected chi connectivity index (χ0v) is 49.1. The van der Waals surface area contributed by atoms with E-state index in [4.69, 9.17) is 0 Å². The number of carbonyl (C=O) groups excluding carboxylic acids is 3. The maximum Gasteiger partial charge on any atom is 0.255 e. The fourth-order valence-electron chi connectivity index (χ4n) is 9.14. The summed E-state index contributed by atoms with van der Waals surface area (Å²) >= 11 is 6.86. The average molecular weight is 1200 g/mol. The van der Waals surface area contributed by atoms with Crippen molar-refractivity contribution in [3.05, 3.63) is 228 Å². The van der Waals surface area contributed by atoms with E-state index in [0.29, 0.717) is 13.0 Å². The number of fused-ring (bicyclic) bond motifs is 4. The van der Waals surface area contributed by atoms with Crippen molar-refractivity contribution in [2.24, 2.45) is 23.7 Å². The summed E-state index contributed by atoms with van der Waals surface area (Å²) in [5, 5.41) is 8.88. The number of alkyl halides is 2. The van der Waals surface area contributed by atoms with E-state index >= 15 is 0 Å². The number of rotatable bonds is 11. The lowest BCUT2D eigenvalue weighted by molar-refractivity contribution is -0.135. The first kappa shape index (κ1) is 63.1. The largest absolute Gasteiger partial charge is 0.320 e. The monoisotopic (exact) mass is 1190 g/mol. The highest BCUT2D eigenvalue weighted by Gasteiger charge is 2.32. The lowest BCUT2D eigenvalue weighted by atomic mass is 9.78. The van der Waals surface area contributed by atoms with Gasteiger partial charge in [-0.05, 0) is 145 Å². The van der Waals surface area contributed by atoms with Crippen molar-refractivity contribution in [1.82, 2.24) is 24.6 Å². The summed E-state index contributed by atoms with van der Waals surface area (Å²) in [5.74, 6) is 3.15. The highest BCUT2D eigenvalue weighted by Crippen LogP contribution is 2.33. The number of nitrogens with one attached hydrogen (secondary N) is 2. The van der Waals surface area contributed by atoms with Gasteiger partial charge in [-0.25, -0.2) is 0 Å². The van der Waals surface area contributed by atoms with Crippen LogP contribution in [0.2, 0.25) is 0 Å². The van der Waals surface area contributed by atoms with Crippen LogP contribution in [-0.2, 0) is 50.7 Å². The third-order valence-electron chi connectivity index (χ3n) is 13.2. The third-order valence-corrected chi connectivity index (χ3v) is 15.9. The van der Waals surface area contributed by atoms with Crippen LogP contribution in [0.4, 0.5) is 0 Å². The summed E-state index contributed by atoms with van der Waals surface area (Å²) in [5.41, 5.74) is 11.3. The van der Waals surface area contributed by atoms with Crippen molar-refractivity contribution < 1.29 is 15.8 Å². The van der Waals surface area contributed by atoms with Gasteiger partial charge in [-0.3, -0.25) is 23.7 Å². The molecular formula is C62H80Br2N5O3P3. The SMILES string of the molecule is BrCc1ccccc1CBr.C.C=CCN(P)C(=O)/C=C/c1ccccc1.C=CCN(P)C/C=C/c1ccccc1.O=C1C=CCC(=O)N1P.[2HH].c1ccc2c(c1)CC1CNCC1C2.c1ccc2c(c1)CC1CNCC1C2. The van der Waals surface area contributed by atoms with Crippen LogP contribution < -0.4 is 10.6 Å². The summed E-state index contributed by atoms with van der Waals surface area (Å²) in [6, 6.07) is 46.2. The maximum atomic E-state index is 11.5. The third kappa shape index (κ3) is 22.2. The molecule has 0 radical (unpaired) electrons. The molecule has 5 aliphatic rings. The molecule has 0 saturated carbocycles.